The molecule has 0 amide bonds. The van der Waals surface area contributed by atoms with Crippen molar-refractivity contribution in [1.29, 1.82) is 0 Å². The van der Waals surface area contributed by atoms with Crippen molar-refractivity contribution in [3.8, 4) is 11.1 Å². The van der Waals surface area contributed by atoms with E-state index < -0.39 is 23.9 Å². The van der Waals surface area contributed by atoms with Crippen LogP contribution in [0.5, 0.6) is 0 Å². The first kappa shape index (κ1) is 19.1. The maximum Gasteiger partial charge on any atom is 0.336 e. The predicted octanol–water partition coefficient (Wildman–Crippen LogP) is 2.27. The first-order valence-electron chi connectivity index (χ1n) is 7.95. The van der Waals surface area contributed by atoms with Gasteiger partial charge in [-0.2, -0.15) is 0 Å². The van der Waals surface area contributed by atoms with Crippen LogP contribution in [0.2, 0.25) is 0 Å². The lowest BCUT2D eigenvalue weighted by atomic mass is 9.90. The summed E-state index contributed by atoms with van der Waals surface area (Å²) in [6.45, 7) is 1.79. The van der Waals surface area contributed by atoms with E-state index in [0.717, 1.165) is 6.07 Å². The molecule has 1 unspecified atom stereocenters. The molecular weight excluding hydrogens is 338 g/mol. The second-order valence-corrected chi connectivity index (χ2v) is 5.86. The minimum Gasteiger partial charge on any atom is -0.480 e. The summed E-state index contributed by atoms with van der Waals surface area (Å²) in [6, 6.07) is 8.37. The summed E-state index contributed by atoms with van der Waals surface area (Å²) < 4.78 is 0. The summed E-state index contributed by atoms with van der Waals surface area (Å²) in [6.07, 6.45) is 0.505. The Kier molecular flexibility index (Phi) is 5.74. The maximum atomic E-state index is 11.6. The van der Waals surface area contributed by atoms with E-state index in [-0.39, 0.29) is 17.5 Å². The third-order valence-electron chi connectivity index (χ3n) is 4.09. The van der Waals surface area contributed by atoms with Crippen LogP contribution in [0.1, 0.15) is 38.8 Å². The fourth-order valence-electron chi connectivity index (χ4n) is 2.83. The van der Waals surface area contributed by atoms with Gasteiger partial charge in [-0.05, 0) is 47.2 Å². The maximum absolute atomic E-state index is 11.6. The Bertz CT molecular complexity index is 874. The number of aliphatic carboxylic acids is 1. The molecule has 2 aromatic rings. The first-order valence-corrected chi connectivity index (χ1v) is 7.95. The molecule has 2 rings (SSSR count). The van der Waals surface area contributed by atoms with E-state index in [4.69, 9.17) is 10.8 Å². The summed E-state index contributed by atoms with van der Waals surface area (Å²) in [5.74, 6) is -3.54. The topological polar surface area (TPSA) is 138 Å². The fraction of sp³-hybridized carbons (Fsp3) is 0.211. The van der Waals surface area contributed by atoms with Crippen molar-refractivity contribution in [2.24, 2.45) is 5.73 Å². The molecule has 0 saturated carbocycles. The van der Waals surface area contributed by atoms with E-state index >= 15 is 0 Å². The van der Waals surface area contributed by atoms with Crippen LogP contribution >= 0.6 is 0 Å². The van der Waals surface area contributed by atoms with Crippen molar-refractivity contribution in [2.45, 2.75) is 25.8 Å². The highest BCUT2D eigenvalue weighted by atomic mass is 16.4. The third kappa shape index (κ3) is 4.07. The molecule has 1 atom stereocenters. The van der Waals surface area contributed by atoms with Crippen LogP contribution in [0.25, 0.3) is 11.1 Å². The minimum absolute atomic E-state index is 0.0601. The van der Waals surface area contributed by atoms with Crippen molar-refractivity contribution in [1.82, 2.24) is 0 Å². The van der Waals surface area contributed by atoms with Gasteiger partial charge in [-0.1, -0.05) is 31.2 Å². The number of rotatable bonds is 7. The molecule has 0 aliphatic rings. The zero-order valence-electron chi connectivity index (χ0n) is 14.1. The van der Waals surface area contributed by atoms with Crippen molar-refractivity contribution >= 4 is 17.9 Å². The lowest BCUT2D eigenvalue weighted by Gasteiger charge is -2.14. The van der Waals surface area contributed by atoms with Crippen LogP contribution in [0.4, 0.5) is 0 Å². The van der Waals surface area contributed by atoms with E-state index in [1.807, 2.05) is 0 Å². The van der Waals surface area contributed by atoms with Crippen molar-refractivity contribution in [3.05, 3.63) is 58.7 Å². The van der Waals surface area contributed by atoms with E-state index in [1.54, 1.807) is 31.2 Å². The number of hydrogen-bond donors (Lipinski definition) is 4. The molecule has 2 aromatic carbocycles. The van der Waals surface area contributed by atoms with Gasteiger partial charge in [-0.25, -0.2) is 9.59 Å². The lowest BCUT2D eigenvalue weighted by Crippen LogP contribution is -2.32. The summed E-state index contributed by atoms with van der Waals surface area (Å²) in [5.41, 5.74) is 7.67. The number of carbonyl (C=O) groups is 3. The van der Waals surface area contributed by atoms with E-state index in [0.29, 0.717) is 28.7 Å². The average Bonchev–Trinajstić information content (AvgIpc) is 2.60. The Morgan fingerprint density at radius 3 is 2.27 bits per heavy atom. The molecule has 0 aliphatic heterocycles. The molecule has 0 heterocycles. The van der Waals surface area contributed by atoms with Crippen molar-refractivity contribution in [3.63, 3.8) is 0 Å². The van der Waals surface area contributed by atoms with E-state index in [9.17, 15) is 24.6 Å². The van der Waals surface area contributed by atoms with Crippen LogP contribution in [0.15, 0.2) is 36.4 Å². The number of nitrogens with two attached hydrogens (primary N) is 1. The van der Waals surface area contributed by atoms with Crippen LogP contribution in [-0.4, -0.2) is 39.3 Å². The summed E-state index contributed by atoms with van der Waals surface area (Å²) in [4.78, 5) is 33.9. The Balaban J connectivity index is 2.61. The number of carboxylic acids is 3. The van der Waals surface area contributed by atoms with Gasteiger partial charge in [0.25, 0.3) is 0 Å². The van der Waals surface area contributed by atoms with Crippen LogP contribution in [-0.2, 0) is 17.6 Å². The van der Waals surface area contributed by atoms with E-state index in [1.165, 1.54) is 6.07 Å². The highest BCUT2D eigenvalue weighted by molar-refractivity contribution is 5.98. The van der Waals surface area contributed by atoms with Gasteiger partial charge >= 0.3 is 17.9 Å². The van der Waals surface area contributed by atoms with Gasteiger partial charge < -0.3 is 21.1 Å². The second-order valence-electron chi connectivity index (χ2n) is 5.86. The molecule has 7 nitrogen and oxygen atoms in total. The first-order chi connectivity index (χ1) is 12.2. The number of benzene rings is 2. The molecule has 0 radical (unpaired) electrons. The smallest absolute Gasteiger partial charge is 0.336 e. The summed E-state index contributed by atoms with van der Waals surface area (Å²) in [5, 5.41) is 27.7. The van der Waals surface area contributed by atoms with Gasteiger partial charge in [0.2, 0.25) is 0 Å². The molecule has 0 saturated heterocycles. The molecule has 0 bridgehead atoms. The Labute approximate surface area is 149 Å². The van der Waals surface area contributed by atoms with Crippen molar-refractivity contribution in [2.75, 3.05) is 0 Å². The monoisotopic (exact) mass is 357 g/mol. The highest BCUT2D eigenvalue weighted by Crippen LogP contribution is 2.30. The summed E-state index contributed by atoms with van der Waals surface area (Å²) >= 11 is 0. The highest BCUT2D eigenvalue weighted by Gasteiger charge is 2.19. The molecule has 0 spiro atoms. The zero-order chi connectivity index (χ0) is 19.4. The summed E-state index contributed by atoms with van der Waals surface area (Å²) in [7, 11) is 0. The molecule has 26 heavy (non-hydrogen) atoms. The molecule has 0 aromatic heterocycles. The molecule has 5 N–H and O–H groups in total. The standard InChI is InChI=1S/C19H19NO6/c1-2-13-14(8-12(17(21)22)9-15(13)18(23)24)11-5-3-4-10(6-11)7-16(20)19(25)26/h3-6,8-9,16H,2,7,20H2,1H3,(H,21,22)(H,23,24)(H,25,26). The molecule has 0 aliphatic carbocycles. The quantitative estimate of drug-likeness (QED) is 0.596. The molecule has 0 fully saturated rings. The zero-order valence-corrected chi connectivity index (χ0v) is 14.1. The molecule has 136 valence electrons. The van der Waals surface area contributed by atoms with Crippen LogP contribution in [0.3, 0.4) is 0 Å². The largest absolute Gasteiger partial charge is 0.480 e. The average molecular weight is 357 g/mol. The SMILES string of the molecule is CCc1c(C(=O)O)cc(C(=O)O)cc1-c1cccc(CC(N)C(=O)O)c1. The fourth-order valence-corrected chi connectivity index (χ4v) is 2.83. The van der Waals surface area contributed by atoms with Gasteiger partial charge in [-0.3, -0.25) is 4.79 Å². The molecule has 7 heteroatoms. The number of hydrogen-bond acceptors (Lipinski definition) is 4. The van der Waals surface area contributed by atoms with E-state index in [2.05, 4.69) is 0 Å². The molecular formula is C19H19NO6. The van der Waals surface area contributed by atoms with Gasteiger partial charge in [0, 0.05) is 0 Å². The minimum atomic E-state index is -1.22. The van der Waals surface area contributed by atoms with Gasteiger partial charge in [0.15, 0.2) is 0 Å². The van der Waals surface area contributed by atoms with Crippen LogP contribution < -0.4 is 5.73 Å². The van der Waals surface area contributed by atoms with Gasteiger partial charge in [0.05, 0.1) is 11.1 Å². The predicted molar refractivity (Wildman–Crippen MR) is 94.5 cm³/mol. The Hall–Kier alpha value is -3.19. The Morgan fingerprint density at radius 2 is 1.73 bits per heavy atom. The number of aromatic carboxylic acids is 2. The third-order valence-corrected chi connectivity index (χ3v) is 4.09. The second kappa shape index (κ2) is 7.79. The number of carboxylic acid groups (broad SMARTS) is 3. The normalized spacial score (nSPS) is 11.8. The van der Waals surface area contributed by atoms with Gasteiger partial charge in [-0.15, -0.1) is 0 Å². The van der Waals surface area contributed by atoms with Crippen molar-refractivity contribution < 1.29 is 29.7 Å². The van der Waals surface area contributed by atoms with Gasteiger partial charge in [0.1, 0.15) is 6.04 Å². The lowest BCUT2D eigenvalue weighted by molar-refractivity contribution is -0.138. The van der Waals surface area contributed by atoms with Crippen LogP contribution in [0, 0.1) is 0 Å². The Morgan fingerprint density at radius 1 is 1.04 bits per heavy atom.